The molecule has 23 heavy (non-hydrogen) atoms. The Kier molecular flexibility index (Phi) is 13.7. The summed E-state index contributed by atoms with van der Waals surface area (Å²) in [5.74, 6) is 2.24. The van der Waals surface area contributed by atoms with Gasteiger partial charge in [0.1, 0.15) is 0 Å². The highest BCUT2D eigenvalue weighted by atomic mass is 127. The third kappa shape index (κ3) is 10.7. The zero-order valence-corrected chi connectivity index (χ0v) is 18.2. The molecular weight excluding hydrogens is 425 g/mol. The summed E-state index contributed by atoms with van der Waals surface area (Å²) in [5, 5.41) is 3.43. The van der Waals surface area contributed by atoms with Crippen LogP contribution < -0.4 is 5.32 Å². The maximum Gasteiger partial charge on any atom is 0.193 e. The molecule has 5 nitrogen and oxygen atoms in total. The number of hydrogen-bond acceptors (Lipinski definition) is 4. The topological polar surface area (TPSA) is 46.1 Å². The number of halogens is 1. The summed E-state index contributed by atoms with van der Waals surface area (Å²) in [4.78, 5) is 7.18. The van der Waals surface area contributed by atoms with Crippen LogP contribution in [0, 0.1) is 0 Å². The van der Waals surface area contributed by atoms with Crippen molar-refractivity contribution in [1.29, 1.82) is 0 Å². The van der Waals surface area contributed by atoms with Gasteiger partial charge in [0.25, 0.3) is 0 Å². The first kappa shape index (κ1) is 23.3. The van der Waals surface area contributed by atoms with Gasteiger partial charge in [0, 0.05) is 50.4 Å². The maximum atomic E-state index is 5.47. The molecular formula is C16H34IN3O2S. The van der Waals surface area contributed by atoms with Crippen molar-refractivity contribution in [3.8, 4) is 0 Å². The second-order valence-electron chi connectivity index (χ2n) is 6.08. The Hall–Kier alpha value is 0.270. The van der Waals surface area contributed by atoms with Crippen LogP contribution in [0.3, 0.4) is 0 Å². The summed E-state index contributed by atoms with van der Waals surface area (Å²) in [6, 6.07) is 0. The lowest BCUT2D eigenvalue weighted by molar-refractivity contribution is 0.0690. The first-order valence-corrected chi connectivity index (χ1v) is 9.31. The van der Waals surface area contributed by atoms with Crippen molar-refractivity contribution < 1.29 is 9.47 Å². The summed E-state index contributed by atoms with van der Waals surface area (Å²) in [5.41, 5.74) is 0. The lowest BCUT2D eigenvalue weighted by Gasteiger charge is -2.39. The first-order chi connectivity index (χ1) is 10.6. The highest BCUT2D eigenvalue weighted by molar-refractivity contribution is 14.0. The van der Waals surface area contributed by atoms with Crippen molar-refractivity contribution in [2.75, 3.05) is 58.9 Å². The number of methoxy groups -OCH3 is 1. The normalized spacial score (nSPS) is 17.7. The van der Waals surface area contributed by atoms with Crippen molar-refractivity contribution in [1.82, 2.24) is 10.2 Å². The van der Waals surface area contributed by atoms with Crippen LogP contribution >= 0.6 is 35.7 Å². The molecule has 0 saturated carbocycles. The molecule has 0 atom stereocenters. The van der Waals surface area contributed by atoms with E-state index in [1.807, 2.05) is 11.8 Å². The molecule has 0 bridgehead atoms. The number of unbranched alkanes of at least 4 members (excludes halogenated alkanes) is 1. The minimum absolute atomic E-state index is 0. The number of thioether (sulfide) groups is 1. The molecule has 1 rings (SSSR count). The van der Waals surface area contributed by atoms with Crippen molar-refractivity contribution in [3.63, 3.8) is 0 Å². The van der Waals surface area contributed by atoms with E-state index in [4.69, 9.17) is 14.5 Å². The van der Waals surface area contributed by atoms with Crippen molar-refractivity contribution in [3.05, 3.63) is 0 Å². The first-order valence-electron chi connectivity index (χ1n) is 8.33. The van der Waals surface area contributed by atoms with Crippen LogP contribution in [0.4, 0.5) is 0 Å². The van der Waals surface area contributed by atoms with E-state index in [1.165, 1.54) is 5.75 Å². The predicted molar refractivity (Wildman–Crippen MR) is 111 cm³/mol. The fourth-order valence-corrected chi connectivity index (χ4v) is 3.48. The van der Waals surface area contributed by atoms with Crippen LogP contribution in [-0.4, -0.2) is 74.5 Å². The van der Waals surface area contributed by atoms with E-state index in [-0.39, 0.29) is 24.0 Å². The summed E-state index contributed by atoms with van der Waals surface area (Å²) < 4.78 is 10.7. The molecule has 0 aliphatic carbocycles. The summed E-state index contributed by atoms with van der Waals surface area (Å²) in [6.07, 6.45) is 2.11. The number of hydrogen-bond donors (Lipinski definition) is 1. The molecule has 138 valence electrons. The van der Waals surface area contributed by atoms with Gasteiger partial charge in [-0.2, -0.15) is 11.8 Å². The predicted octanol–water partition coefficient (Wildman–Crippen LogP) is 2.84. The molecule has 0 aromatic carbocycles. The van der Waals surface area contributed by atoms with Gasteiger partial charge in [-0.3, -0.25) is 4.99 Å². The number of ether oxygens (including phenoxy) is 2. The van der Waals surface area contributed by atoms with E-state index in [2.05, 4.69) is 31.0 Å². The quantitative estimate of drug-likeness (QED) is 0.249. The molecule has 0 aromatic heterocycles. The smallest absolute Gasteiger partial charge is 0.193 e. The second kappa shape index (κ2) is 13.5. The molecule has 0 radical (unpaired) electrons. The van der Waals surface area contributed by atoms with Gasteiger partial charge in [-0.15, -0.1) is 24.0 Å². The Bertz CT molecular complexity index is 330. The fourth-order valence-electron chi connectivity index (χ4n) is 2.37. The molecule has 7 heteroatoms. The number of rotatable bonds is 9. The Balaban J connectivity index is 0.00000484. The zero-order valence-electron chi connectivity index (χ0n) is 15.1. The van der Waals surface area contributed by atoms with Crippen molar-refractivity contribution in [2.45, 2.75) is 38.4 Å². The molecule has 1 saturated heterocycles. The van der Waals surface area contributed by atoms with Gasteiger partial charge in [0.05, 0.1) is 13.2 Å². The fraction of sp³-hybridized carbons (Fsp3) is 0.938. The van der Waals surface area contributed by atoms with Crippen LogP contribution in [0.2, 0.25) is 0 Å². The van der Waals surface area contributed by atoms with Crippen LogP contribution in [-0.2, 0) is 9.47 Å². The van der Waals surface area contributed by atoms with E-state index >= 15 is 0 Å². The number of aliphatic imine (C=N–C) groups is 1. The van der Waals surface area contributed by atoms with Gasteiger partial charge in [0.2, 0.25) is 0 Å². The molecule has 1 aliphatic rings. The third-order valence-electron chi connectivity index (χ3n) is 3.45. The largest absolute Gasteiger partial charge is 0.382 e. The highest BCUT2D eigenvalue weighted by Gasteiger charge is 2.28. The van der Waals surface area contributed by atoms with E-state index < -0.39 is 0 Å². The van der Waals surface area contributed by atoms with E-state index in [0.717, 1.165) is 51.6 Å². The molecule has 1 aliphatic heterocycles. The minimum Gasteiger partial charge on any atom is -0.382 e. The highest BCUT2D eigenvalue weighted by Crippen LogP contribution is 2.29. The molecule has 0 unspecified atom stereocenters. The monoisotopic (exact) mass is 459 g/mol. The van der Waals surface area contributed by atoms with Gasteiger partial charge in [0.15, 0.2) is 5.96 Å². The lowest BCUT2D eigenvalue weighted by Crippen LogP contribution is -2.51. The second-order valence-corrected chi connectivity index (χ2v) is 7.88. The van der Waals surface area contributed by atoms with E-state index in [0.29, 0.717) is 18.0 Å². The third-order valence-corrected chi connectivity index (χ3v) is 4.75. The minimum atomic E-state index is 0. The van der Waals surface area contributed by atoms with Gasteiger partial charge in [-0.1, -0.05) is 0 Å². The molecule has 1 heterocycles. The SMILES string of the molecule is CCNC(=NCCCCOCCOC)N1CCSC(C)(C)C1.I. The Morgan fingerprint density at radius 2 is 2.04 bits per heavy atom. The molecule has 0 amide bonds. The molecule has 0 spiro atoms. The Morgan fingerprint density at radius 3 is 2.70 bits per heavy atom. The van der Waals surface area contributed by atoms with Crippen molar-refractivity contribution in [2.24, 2.45) is 4.99 Å². The van der Waals surface area contributed by atoms with Crippen LogP contribution in [0.25, 0.3) is 0 Å². The Labute approximate surface area is 163 Å². The standard InChI is InChI=1S/C16H33N3O2S.HI/c1-5-17-15(19-9-13-22-16(2,3)14-19)18-8-6-7-10-21-12-11-20-4;/h5-14H2,1-4H3,(H,17,18);1H. The Morgan fingerprint density at radius 1 is 1.26 bits per heavy atom. The number of guanidine groups is 1. The van der Waals surface area contributed by atoms with Gasteiger partial charge in [-0.05, 0) is 33.6 Å². The van der Waals surface area contributed by atoms with E-state index in [9.17, 15) is 0 Å². The van der Waals surface area contributed by atoms with E-state index in [1.54, 1.807) is 7.11 Å². The van der Waals surface area contributed by atoms with Crippen LogP contribution in [0.5, 0.6) is 0 Å². The lowest BCUT2D eigenvalue weighted by atomic mass is 10.2. The summed E-state index contributed by atoms with van der Waals surface area (Å²) in [7, 11) is 1.70. The molecule has 1 fully saturated rings. The number of nitrogens with zero attached hydrogens (tertiary/aromatic N) is 2. The molecule has 1 N–H and O–H groups in total. The van der Waals surface area contributed by atoms with Crippen molar-refractivity contribution >= 4 is 41.7 Å². The van der Waals surface area contributed by atoms with Crippen LogP contribution in [0.15, 0.2) is 4.99 Å². The summed E-state index contributed by atoms with van der Waals surface area (Å²) >= 11 is 2.05. The molecule has 0 aromatic rings. The zero-order chi connectivity index (χ0) is 16.3. The maximum absolute atomic E-state index is 5.47. The summed E-state index contributed by atoms with van der Waals surface area (Å²) in [6.45, 7) is 12.8. The average molecular weight is 459 g/mol. The van der Waals surface area contributed by atoms with Gasteiger partial charge >= 0.3 is 0 Å². The average Bonchev–Trinajstić information content (AvgIpc) is 2.48. The van der Waals surface area contributed by atoms with Gasteiger partial charge in [-0.25, -0.2) is 0 Å². The van der Waals surface area contributed by atoms with Gasteiger partial charge < -0.3 is 19.7 Å². The number of nitrogens with one attached hydrogen (secondary N) is 1. The van der Waals surface area contributed by atoms with Crippen LogP contribution in [0.1, 0.15) is 33.6 Å².